The van der Waals surface area contributed by atoms with Gasteiger partial charge in [-0.25, -0.2) is 10.9 Å². The number of amides is 2. The SMILES string of the molecule is C.Cc1c(Br)cc(/C=N/NC(=O)C(Cc2ccc3ccccc3c2)c2ccccc2)c(O)c1Br.Cc1c(Br)cc(/C=N/NC(=O)C(Cc2ccc3ccccc3c2)c2ccccc2)cc1Br. The van der Waals surface area contributed by atoms with Crippen molar-refractivity contribution in [2.45, 2.75) is 46.0 Å². The van der Waals surface area contributed by atoms with Gasteiger partial charge in [0.25, 0.3) is 0 Å². The van der Waals surface area contributed by atoms with E-state index in [0.717, 1.165) is 57.7 Å². The number of hydrogen-bond acceptors (Lipinski definition) is 5. The highest BCUT2D eigenvalue weighted by molar-refractivity contribution is 9.11. The quantitative estimate of drug-likeness (QED) is 0.0839. The maximum absolute atomic E-state index is 13.2. The molecule has 0 aliphatic heterocycles. The fraction of sp³-hybridized carbons (Fsp3) is 0.127. The molecule has 0 heterocycles. The summed E-state index contributed by atoms with van der Waals surface area (Å²) in [4.78, 5) is 26.3. The van der Waals surface area contributed by atoms with E-state index in [1.807, 2.05) is 111 Å². The van der Waals surface area contributed by atoms with Gasteiger partial charge in [-0.1, -0.05) is 201 Å². The Morgan fingerprint density at radius 1 is 0.530 bits per heavy atom. The summed E-state index contributed by atoms with van der Waals surface area (Å²) in [5, 5.41) is 23.4. The Labute approximate surface area is 420 Å². The van der Waals surface area contributed by atoms with Crippen LogP contribution in [0.5, 0.6) is 5.75 Å². The summed E-state index contributed by atoms with van der Waals surface area (Å²) in [6.07, 6.45) is 4.24. The summed E-state index contributed by atoms with van der Waals surface area (Å²) >= 11 is 13.9. The molecule has 8 rings (SSSR count). The highest BCUT2D eigenvalue weighted by Crippen LogP contribution is 2.35. The van der Waals surface area contributed by atoms with E-state index in [1.165, 1.54) is 22.4 Å². The predicted molar refractivity (Wildman–Crippen MR) is 287 cm³/mol. The van der Waals surface area contributed by atoms with Gasteiger partial charge in [0.2, 0.25) is 11.8 Å². The molecule has 8 aromatic rings. The van der Waals surface area contributed by atoms with Gasteiger partial charge >= 0.3 is 0 Å². The van der Waals surface area contributed by atoms with Crippen LogP contribution in [-0.2, 0) is 22.4 Å². The number of phenols is 1. The number of benzene rings is 8. The second-order valence-electron chi connectivity index (χ2n) is 15.5. The first-order chi connectivity index (χ1) is 31.4. The average molecular weight is 1130 g/mol. The molecule has 0 fully saturated rings. The third kappa shape index (κ3) is 12.8. The van der Waals surface area contributed by atoms with Crippen LogP contribution in [0.15, 0.2) is 192 Å². The maximum Gasteiger partial charge on any atom is 0.247 e. The van der Waals surface area contributed by atoms with Gasteiger partial charge in [0, 0.05) is 19.0 Å². The van der Waals surface area contributed by atoms with Gasteiger partial charge < -0.3 is 5.11 Å². The molecule has 0 saturated carbocycles. The van der Waals surface area contributed by atoms with E-state index in [0.29, 0.717) is 22.9 Å². The molecule has 2 amide bonds. The molecule has 7 nitrogen and oxygen atoms in total. The lowest BCUT2D eigenvalue weighted by Crippen LogP contribution is -2.27. The van der Waals surface area contributed by atoms with Crippen molar-refractivity contribution in [1.29, 1.82) is 0 Å². The Morgan fingerprint density at radius 2 is 0.939 bits per heavy atom. The molecule has 8 aromatic carbocycles. The van der Waals surface area contributed by atoms with Gasteiger partial charge in [-0.2, -0.15) is 10.2 Å². The number of rotatable bonds is 12. The summed E-state index contributed by atoms with van der Waals surface area (Å²) in [7, 11) is 0. The van der Waals surface area contributed by atoms with Crippen LogP contribution >= 0.6 is 63.7 Å². The first kappa shape index (κ1) is 49.7. The summed E-state index contributed by atoms with van der Waals surface area (Å²) in [5.74, 6) is -1.02. The van der Waals surface area contributed by atoms with Crippen molar-refractivity contribution in [2.75, 3.05) is 0 Å². The molecule has 0 saturated heterocycles. The van der Waals surface area contributed by atoms with Gasteiger partial charge in [0.1, 0.15) is 5.75 Å². The number of fused-ring (bicyclic) bond motifs is 2. The van der Waals surface area contributed by atoms with Gasteiger partial charge in [-0.3, -0.25) is 9.59 Å². The van der Waals surface area contributed by atoms with Crippen molar-refractivity contribution in [3.63, 3.8) is 0 Å². The van der Waals surface area contributed by atoms with Crippen LogP contribution in [0.25, 0.3) is 21.5 Å². The zero-order valence-electron chi connectivity index (χ0n) is 35.5. The Kier molecular flexibility index (Phi) is 17.8. The van der Waals surface area contributed by atoms with Crippen molar-refractivity contribution < 1.29 is 14.7 Å². The molecule has 66 heavy (non-hydrogen) atoms. The molecule has 11 heteroatoms. The first-order valence-corrected chi connectivity index (χ1v) is 24.0. The minimum atomic E-state index is -0.408. The van der Waals surface area contributed by atoms with Gasteiger partial charge in [-0.05, 0) is 121 Å². The largest absolute Gasteiger partial charge is 0.506 e. The normalized spacial score (nSPS) is 12.0. The standard InChI is InChI=1S/C27H22Br2N2O2.C27H22Br2N2O.CH4/c1-17-24(28)15-22(26(32)25(17)29)16-30-31-27(33)23(20-8-3-2-4-9-20)14-18-11-12-19-7-5-6-10-21(19)13-18;1-18-25(28)15-20(16-26(18)29)17-30-31-27(32)24(22-8-3-2-4-9-22)14-19-11-12-21-7-5-6-10-23(21)13-19;/h2-13,15-16,23,32H,14H2,1H3,(H,31,33);2-13,15-17,24H,14H2,1H3,(H,31,32);1H4/b30-16+;30-17+;. The fourth-order valence-electron chi connectivity index (χ4n) is 7.35. The van der Waals surface area contributed by atoms with E-state index >= 15 is 0 Å². The molecular weight excluding hydrogens is 1080 g/mol. The Balaban J connectivity index is 0.000000215. The lowest BCUT2D eigenvalue weighted by molar-refractivity contribution is -0.123. The number of hydrogen-bond donors (Lipinski definition) is 3. The number of halogens is 4. The van der Waals surface area contributed by atoms with Crippen LogP contribution in [0, 0.1) is 13.8 Å². The smallest absolute Gasteiger partial charge is 0.247 e. The van der Waals surface area contributed by atoms with Gasteiger partial charge in [0.05, 0.1) is 28.7 Å². The third-order valence-electron chi connectivity index (χ3n) is 11.1. The molecule has 0 bridgehead atoms. The second-order valence-corrected chi connectivity index (χ2v) is 18.9. The summed E-state index contributed by atoms with van der Waals surface area (Å²) in [5.41, 5.74) is 12.9. The minimum absolute atomic E-state index is 0. The highest BCUT2D eigenvalue weighted by atomic mass is 79.9. The van der Waals surface area contributed by atoms with Crippen molar-refractivity contribution >= 4 is 110 Å². The fourth-order valence-corrected chi connectivity index (χ4v) is 9.72. The molecule has 0 aromatic heterocycles. The Bertz CT molecular complexity index is 3010. The Hall–Kier alpha value is -5.72. The van der Waals surface area contributed by atoms with E-state index in [-0.39, 0.29) is 30.9 Å². The number of carbonyl (C=O) groups excluding carboxylic acids is 2. The zero-order chi connectivity index (χ0) is 45.9. The molecule has 0 aliphatic rings. The summed E-state index contributed by atoms with van der Waals surface area (Å²) in [6.45, 7) is 3.90. The molecular formula is C55H48Br4N4O3. The predicted octanol–water partition coefficient (Wildman–Crippen LogP) is 14.6. The third-order valence-corrected chi connectivity index (χ3v) is 14.5. The monoisotopic (exact) mass is 1130 g/mol. The van der Waals surface area contributed by atoms with Crippen molar-refractivity contribution in [2.24, 2.45) is 10.2 Å². The van der Waals surface area contributed by atoms with E-state index in [2.05, 4.69) is 145 Å². The number of phenolic OH excluding ortho intramolecular Hbond substituents is 1. The van der Waals surface area contributed by atoms with Crippen LogP contribution in [0.2, 0.25) is 0 Å². The molecule has 0 spiro atoms. The van der Waals surface area contributed by atoms with Gasteiger partial charge in [-0.15, -0.1) is 0 Å². The lowest BCUT2D eigenvalue weighted by Gasteiger charge is -2.16. The summed E-state index contributed by atoms with van der Waals surface area (Å²) < 4.78 is 3.39. The lowest BCUT2D eigenvalue weighted by atomic mass is 9.90. The van der Waals surface area contributed by atoms with E-state index < -0.39 is 5.92 Å². The number of hydrazone groups is 2. The number of carbonyl (C=O) groups is 2. The molecule has 0 radical (unpaired) electrons. The van der Waals surface area contributed by atoms with Crippen molar-refractivity contribution in [3.05, 3.63) is 226 Å². The minimum Gasteiger partial charge on any atom is -0.506 e. The molecule has 0 aliphatic carbocycles. The van der Waals surface area contributed by atoms with Crippen LogP contribution in [-0.4, -0.2) is 29.4 Å². The zero-order valence-corrected chi connectivity index (χ0v) is 41.8. The highest BCUT2D eigenvalue weighted by Gasteiger charge is 2.23. The second kappa shape index (κ2) is 23.6. The maximum atomic E-state index is 13.2. The van der Waals surface area contributed by atoms with Crippen LogP contribution in [0.3, 0.4) is 0 Å². The molecule has 334 valence electrons. The first-order valence-electron chi connectivity index (χ1n) is 20.8. The summed E-state index contributed by atoms with van der Waals surface area (Å²) in [6, 6.07) is 54.3. The number of nitrogens with zero attached hydrogens (tertiary/aromatic N) is 2. The average Bonchev–Trinajstić information content (AvgIpc) is 3.33. The van der Waals surface area contributed by atoms with Crippen LogP contribution in [0.1, 0.15) is 63.8 Å². The number of nitrogens with one attached hydrogen (secondary N) is 2. The molecule has 3 N–H and O–H groups in total. The van der Waals surface area contributed by atoms with Gasteiger partial charge in [0.15, 0.2) is 0 Å². The van der Waals surface area contributed by atoms with E-state index in [9.17, 15) is 14.7 Å². The van der Waals surface area contributed by atoms with Crippen LogP contribution in [0.4, 0.5) is 0 Å². The topological polar surface area (TPSA) is 103 Å². The van der Waals surface area contributed by atoms with Crippen LogP contribution < -0.4 is 10.9 Å². The molecule has 2 atom stereocenters. The van der Waals surface area contributed by atoms with E-state index in [1.54, 1.807) is 12.3 Å². The molecule has 2 unspecified atom stereocenters. The van der Waals surface area contributed by atoms with E-state index in [4.69, 9.17) is 0 Å². The Morgan fingerprint density at radius 3 is 1.41 bits per heavy atom. The number of aromatic hydroxyl groups is 1. The van der Waals surface area contributed by atoms with Crippen molar-refractivity contribution in [1.82, 2.24) is 10.9 Å². The van der Waals surface area contributed by atoms with Crippen molar-refractivity contribution in [3.8, 4) is 5.75 Å².